The van der Waals surface area contributed by atoms with Gasteiger partial charge in [0, 0.05) is 13.1 Å². The first kappa shape index (κ1) is 11.8. The van der Waals surface area contributed by atoms with Crippen molar-refractivity contribution < 1.29 is 0 Å². The summed E-state index contributed by atoms with van der Waals surface area (Å²) in [6.07, 6.45) is 7.38. The van der Waals surface area contributed by atoms with Crippen molar-refractivity contribution in [2.75, 3.05) is 13.1 Å². The van der Waals surface area contributed by atoms with Crippen molar-refractivity contribution in [2.45, 2.75) is 32.7 Å². The van der Waals surface area contributed by atoms with E-state index in [1.54, 1.807) is 12.4 Å². The molecule has 2 rings (SSSR count). The second-order valence-corrected chi connectivity index (χ2v) is 4.90. The Bertz CT molecular complexity index is 322. The molecule has 0 N–H and O–H groups in total. The topological polar surface area (TPSA) is 29.0 Å². The molecule has 0 bridgehead atoms. The van der Waals surface area contributed by atoms with Crippen LogP contribution < -0.4 is 0 Å². The average Bonchev–Trinajstić information content (AvgIpc) is 3.06. The van der Waals surface area contributed by atoms with E-state index in [4.69, 9.17) is 11.6 Å². The molecule has 0 radical (unpaired) electrons. The van der Waals surface area contributed by atoms with Crippen LogP contribution in [0.2, 0.25) is 5.15 Å². The van der Waals surface area contributed by atoms with Gasteiger partial charge in [-0.1, -0.05) is 18.5 Å². The molecule has 1 aromatic heterocycles. The third-order valence-electron chi connectivity index (χ3n) is 2.81. The molecule has 0 atom stereocenters. The minimum Gasteiger partial charge on any atom is -0.297 e. The zero-order valence-electron chi connectivity index (χ0n) is 9.69. The SMILES string of the molecule is CCCN(Cc1cnc(Cl)cn1)CC1CC1. The van der Waals surface area contributed by atoms with Crippen LogP contribution in [0.25, 0.3) is 0 Å². The quantitative estimate of drug-likeness (QED) is 0.765. The van der Waals surface area contributed by atoms with Crippen molar-refractivity contribution in [1.82, 2.24) is 14.9 Å². The first-order chi connectivity index (χ1) is 7.78. The van der Waals surface area contributed by atoms with E-state index in [0.29, 0.717) is 5.15 Å². The van der Waals surface area contributed by atoms with Crippen molar-refractivity contribution in [3.05, 3.63) is 23.2 Å². The molecule has 0 saturated heterocycles. The summed E-state index contributed by atoms with van der Waals surface area (Å²) in [5.74, 6) is 0.923. The van der Waals surface area contributed by atoms with Gasteiger partial charge in [0.15, 0.2) is 0 Å². The third-order valence-corrected chi connectivity index (χ3v) is 3.01. The molecule has 88 valence electrons. The van der Waals surface area contributed by atoms with Crippen LogP contribution in [0.5, 0.6) is 0 Å². The zero-order chi connectivity index (χ0) is 11.4. The summed E-state index contributed by atoms with van der Waals surface area (Å²) in [5.41, 5.74) is 1.01. The molecule has 0 aliphatic heterocycles. The molecular formula is C12H18ClN3. The van der Waals surface area contributed by atoms with Crippen LogP contribution in [0.15, 0.2) is 12.4 Å². The number of aromatic nitrogens is 2. The highest BCUT2D eigenvalue weighted by Gasteiger charge is 2.24. The van der Waals surface area contributed by atoms with Crippen LogP contribution in [-0.4, -0.2) is 28.0 Å². The van der Waals surface area contributed by atoms with Crippen LogP contribution in [0.4, 0.5) is 0 Å². The molecular weight excluding hydrogens is 222 g/mol. The molecule has 16 heavy (non-hydrogen) atoms. The standard InChI is InChI=1S/C12H18ClN3/c1-2-5-16(8-10-3-4-10)9-11-6-15-12(13)7-14-11/h6-7,10H,2-5,8-9H2,1H3. The van der Waals surface area contributed by atoms with Crippen LogP contribution in [0, 0.1) is 5.92 Å². The summed E-state index contributed by atoms with van der Waals surface area (Å²) >= 11 is 5.72. The van der Waals surface area contributed by atoms with Gasteiger partial charge in [0.05, 0.1) is 18.1 Å². The fourth-order valence-corrected chi connectivity index (χ4v) is 1.96. The van der Waals surface area contributed by atoms with E-state index in [1.807, 2.05) is 0 Å². The number of hydrogen-bond donors (Lipinski definition) is 0. The van der Waals surface area contributed by atoms with E-state index in [2.05, 4.69) is 21.8 Å². The fourth-order valence-electron chi connectivity index (χ4n) is 1.87. The van der Waals surface area contributed by atoms with Gasteiger partial charge < -0.3 is 0 Å². The molecule has 1 aliphatic rings. The first-order valence-electron chi connectivity index (χ1n) is 5.96. The lowest BCUT2D eigenvalue weighted by molar-refractivity contribution is 0.252. The second-order valence-electron chi connectivity index (χ2n) is 4.51. The van der Waals surface area contributed by atoms with Crippen molar-refractivity contribution in [2.24, 2.45) is 5.92 Å². The van der Waals surface area contributed by atoms with Gasteiger partial charge in [-0.15, -0.1) is 0 Å². The Labute approximate surface area is 102 Å². The van der Waals surface area contributed by atoms with Gasteiger partial charge in [0.25, 0.3) is 0 Å². The minimum atomic E-state index is 0.466. The average molecular weight is 240 g/mol. The minimum absolute atomic E-state index is 0.466. The Morgan fingerprint density at radius 2 is 2.19 bits per heavy atom. The largest absolute Gasteiger partial charge is 0.297 e. The highest BCUT2D eigenvalue weighted by Crippen LogP contribution is 2.30. The van der Waals surface area contributed by atoms with Crippen molar-refractivity contribution >= 4 is 11.6 Å². The third kappa shape index (κ3) is 3.72. The van der Waals surface area contributed by atoms with Gasteiger partial charge in [-0.2, -0.15) is 0 Å². The Morgan fingerprint density at radius 3 is 2.75 bits per heavy atom. The molecule has 3 nitrogen and oxygen atoms in total. The predicted molar refractivity (Wildman–Crippen MR) is 65.3 cm³/mol. The molecule has 0 spiro atoms. The van der Waals surface area contributed by atoms with E-state index in [1.165, 1.54) is 25.8 Å². The summed E-state index contributed by atoms with van der Waals surface area (Å²) < 4.78 is 0. The maximum absolute atomic E-state index is 5.72. The van der Waals surface area contributed by atoms with E-state index >= 15 is 0 Å². The number of rotatable bonds is 6. The lowest BCUT2D eigenvalue weighted by Crippen LogP contribution is -2.26. The van der Waals surface area contributed by atoms with E-state index < -0.39 is 0 Å². The van der Waals surface area contributed by atoms with Crippen LogP contribution in [-0.2, 0) is 6.54 Å². The van der Waals surface area contributed by atoms with Crippen LogP contribution in [0.3, 0.4) is 0 Å². The summed E-state index contributed by atoms with van der Waals surface area (Å²) in [6, 6.07) is 0. The Hall–Kier alpha value is -0.670. The highest BCUT2D eigenvalue weighted by atomic mass is 35.5. The molecule has 0 amide bonds. The fraction of sp³-hybridized carbons (Fsp3) is 0.667. The zero-order valence-corrected chi connectivity index (χ0v) is 10.5. The molecule has 4 heteroatoms. The summed E-state index contributed by atoms with van der Waals surface area (Å²) in [4.78, 5) is 10.8. The van der Waals surface area contributed by atoms with Crippen molar-refractivity contribution in [3.63, 3.8) is 0 Å². The molecule has 0 aromatic carbocycles. The number of hydrogen-bond acceptors (Lipinski definition) is 3. The normalized spacial score (nSPS) is 15.7. The summed E-state index contributed by atoms with van der Waals surface area (Å²) in [7, 11) is 0. The van der Waals surface area contributed by atoms with Crippen molar-refractivity contribution in [1.29, 1.82) is 0 Å². The maximum atomic E-state index is 5.72. The number of halogens is 1. The van der Waals surface area contributed by atoms with E-state index in [9.17, 15) is 0 Å². The Kier molecular flexibility index (Phi) is 4.13. The lowest BCUT2D eigenvalue weighted by atomic mass is 10.3. The van der Waals surface area contributed by atoms with E-state index in [-0.39, 0.29) is 0 Å². The summed E-state index contributed by atoms with van der Waals surface area (Å²) in [6.45, 7) is 5.46. The molecule has 0 unspecified atom stereocenters. The maximum Gasteiger partial charge on any atom is 0.147 e. The van der Waals surface area contributed by atoms with Gasteiger partial charge in [-0.05, 0) is 31.7 Å². The predicted octanol–water partition coefficient (Wildman–Crippen LogP) is 2.75. The smallest absolute Gasteiger partial charge is 0.147 e. The summed E-state index contributed by atoms with van der Waals surface area (Å²) in [5, 5.41) is 0.466. The molecule has 1 fully saturated rings. The molecule has 1 aromatic rings. The highest BCUT2D eigenvalue weighted by molar-refractivity contribution is 6.29. The van der Waals surface area contributed by atoms with Gasteiger partial charge in [-0.25, -0.2) is 4.98 Å². The van der Waals surface area contributed by atoms with Crippen LogP contribution >= 0.6 is 11.6 Å². The van der Waals surface area contributed by atoms with Gasteiger partial charge in [0.1, 0.15) is 5.15 Å². The van der Waals surface area contributed by atoms with Gasteiger partial charge in [-0.3, -0.25) is 9.88 Å². The molecule has 1 aliphatic carbocycles. The second kappa shape index (κ2) is 5.60. The van der Waals surface area contributed by atoms with Crippen LogP contribution in [0.1, 0.15) is 31.9 Å². The van der Waals surface area contributed by atoms with Crippen molar-refractivity contribution in [3.8, 4) is 0 Å². The first-order valence-corrected chi connectivity index (χ1v) is 6.34. The molecule has 1 heterocycles. The number of nitrogens with zero attached hydrogens (tertiary/aromatic N) is 3. The monoisotopic (exact) mass is 239 g/mol. The van der Waals surface area contributed by atoms with E-state index in [0.717, 1.165) is 24.7 Å². The van der Waals surface area contributed by atoms with Gasteiger partial charge >= 0.3 is 0 Å². The van der Waals surface area contributed by atoms with Gasteiger partial charge in [0.2, 0.25) is 0 Å². The lowest BCUT2D eigenvalue weighted by Gasteiger charge is -2.20. The molecule has 1 saturated carbocycles. The Morgan fingerprint density at radius 1 is 1.38 bits per heavy atom. The Balaban J connectivity index is 1.90.